The summed E-state index contributed by atoms with van der Waals surface area (Å²) in [5.41, 5.74) is 8.28. The molecule has 8 atom stereocenters. The largest absolute Gasteiger partial charge is 0.496 e. The summed E-state index contributed by atoms with van der Waals surface area (Å²) in [6, 6.07) is 10.5. The molecular weight excluding hydrogens is 686 g/mol. The summed E-state index contributed by atoms with van der Waals surface area (Å²) in [6.07, 6.45) is 9.16. The number of methoxy groups -OCH3 is 1. The van der Waals surface area contributed by atoms with Crippen LogP contribution >= 0.6 is 99.4 Å². The molecule has 0 aliphatic heterocycles. The van der Waals surface area contributed by atoms with E-state index in [1.165, 1.54) is 25.7 Å². The number of ether oxygens (including phenoxy) is 1. The molecule has 0 spiro atoms. The lowest BCUT2D eigenvalue weighted by atomic mass is 9.92. The van der Waals surface area contributed by atoms with Crippen LogP contribution in [-0.2, 0) is 0 Å². The molecule has 3 rings (SSSR count). The monoisotopic (exact) mass is 729 g/mol. The number of carbonyl (C=O) groups is 1. The van der Waals surface area contributed by atoms with Crippen LogP contribution in [0.25, 0.3) is 11.1 Å². The van der Waals surface area contributed by atoms with Crippen LogP contribution in [0.3, 0.4) is 0 Å². The van der Waals surface area contributed by atoms with E-state index in [0.29, 0.717) is 24.3 Å². The fourth-order valence-electron chi connectivity index (χ4n) is 3.21. The molecule has 0 saturated heterocycles. The number of carbonyl (C=O) groups excluding carboxylic acids is 1. The first kappa shape index (κ1) is 39.9. The summed E-state index contributed by atoms with van der Waals surface area (Å²) in [5, 5.41) is 3.27. The molecular formula is C20H43N3O2P12. The molecule has 1 saturated carbocycles. The lowest BCUT2D eigenvalue weighted by molar-refractivity contribution is 0.112. The van der Waals surface area contributed by atoms with E-state index in [-0.39, 0.29) is 14.0 Å². The summed E-state index contributed by atoms with van der Waals surface area (Å²) in [7, 11) is 25.3. The van der Waals surface area contributed by atoms with E-state index in [1.54, 1.807) is 31.6 Å². The number of aromatic nitrogens is 1. The van der Waals surface area contributed by atoms with E-state index in [9.17, 15) is 4.79 Å². The number of nitrogens with two attached hydrogens (primary N) is 1. The van der Waals surface area contributed by atoms with Crippen molar-refractivity contribution < 1.29 is 9.53 Å². The van der Waals surface area contributed by atoms with Gasteiger partial charge in [-0.15, -0.1) is 62.5 Å². The molecule has 1 aromatic carbocycles. The Morgan fingerprint density at radius 1 is 1.00 bits per heavy atom. The highest BCUT2D eigenvalue weighted by Gasteiger charge is 2.16. The average Bonchev–Trinajstić information content (AvgIpc) is 2.90. The zero-order chi connectivity index (χ0) is 28.2. The molecule has 5 nitrogen and oxygen atoms in total. The number of aldehydes is 1. The van der Waals surface area contributed by atoms with Crippen molar-refractivity contribution in [2.24, 2.45) is 5.73 Å². The molecule has 17 heteroatoms. The maximum atomic E-state index is 10.9. The third-order valence-electron chi connectivity index (χ3n) is 5.10. The predicted molar refractivity (Wildman–Crippen MR) is 206 cm³/mol. The SMILES string of the molecule is CNC1CCC(N)CC1.COc1ccc(-c2ccncc2)cc1C=O.PPP.PPP(P(P)P)P(P)P. The van der Waals surface area contributed by atoms with Crippen molar-refractivity contribution in [1.82, 2.24) is 10.3 Å². The van der Waals surface area contributed by atoms with Crippen LogP contribution in [0.2, 0.25) is 0 Å². The molecule has 0 radical (unpaired) electrons. The molecule has 1 fully saturated rings. The summed E-state index contributed by atoms with van der Waals surface area (Å²) in [6.45, 7) is 0.642. The summed E-state index contributed by atoms with van der Waals surface area (Å²) >= 11 is 0. The molecule has 1 aliphatic carbocycles. The van der Waals surface area contributed by atoms with E-state index < -0.39 is 0 Å². The average molecular weight is 729 g/mol. The van der Waals surface area contributed by atoms with Crippen molar-refractivity contribution in [3.05, 3.63) is 48.3 Å². The Hall–Kier alpha value is 2.92. The molecule has 0 bridgehead atoms. The lowest BCUT2D eigenvalue weighted by Crippen LogP contribution is -2.35. The zero-order valence-corrected chi connectivity index (χ0v) is 34.1. The standard InChI is InChI=1S/C13H11NO2.C7H16N2.H11P9.H5P3/c1-16-13-3-2-11(8-12(13)9-15)10-4-6-14-7-5-10;1-9-7-4-2-6(8)3-5-7;1-6-9(7(2)3)8(4)5;1-3-2/h2-9H,1H3;6-7,9H,2-5,8H2,1H3;6H,1-5H2;3H,1-2H2. The van der Waals surface area contributed by atoms with Crippen molar-refractivity contribution in [2.45, 2.75) is 37.8 Å². The minimum Gasteiger partial charge on any atom is -0.496 e. The number of nitrogens with zero attached hydrogens (tertiary/aromatic N) is 1. The summed E-state index contributed by atoms with van der Waals surface area (Å²) in [4.78, 5) is 14.8. The van der Waals surface area contributed by atoms with Gasteiger partial charge in [-0.05, 0) is 89.1 Å². The van der Waals surface area contributed by atoms with Gasteiger partial charge in [-0.1, -0.05) is 22.0 Å². The van der Waals surface area contributed by atoms with Crippen LogP contribution in [0.1, 0.15) is 36.0 Å². The maximum Gasteiger partial charge on any atom is 0.153 e. The lowest BCUT2D eigenvalue weighted by Gasteiger charge is -2.25. The minimum atomic E-state index is 0.173. The van der Waals surface area contributed by atoms with Gasteiger partial charge in [0, 0.05) is 24.5 Å². The highest BCUT2D eigenvalue weighted by Crippen LogP contribution is 3.04. The van der Waals surface area contributed by atoms with Gasteiger partial charge in [-0.3, -0.25) is 9.78 Å². The van der Waals surface area contributed by atoms with Gasteiger partial charge >= 0.3 is 0 Å². The Morgan fingerprint density at radius 3 is 1.92 bits per heavy atom. The van der Waals surface area contributed by atoms with Gasteiger partial charge in [0.2, 0.25) is 0 Å². The fraction of sp³-hybridized carbons (Fsp3) is 0.400. The first-order valence-electron chi connectivity index (χ1n) is 11.2. The molecule has 210 valence electrons. The first-order chi connectivity index (χ1) is 17.7. The Balaban J connectivity index is 0.000000531. The van der Waals surface area contributed by atoms with Crippen molar-refractivity contribution in [2.75, 3.05) is 14.2 Å². The van der Waals surface area contributed by atoms with Crippen LogP contribution in [0.4, 0.5) is 0 Å². The van der Waals surface area contributed by atoms with Crippen LogP contribution in [0, 0.1) is 0 Å². The smallest absolute Gasteiger partial charge is 0.153 e. The van der Waals surface area contributed by atoms with Gasteiger partial charge in [0.1, 0.15) is 5.75 Å². The van der Waals surface area contributed by atoms with Crippen LogP contribution in [-0.4, -0.2) is 37.5 Å². The highest BCUT2D eigenvalue weighted by molar-refractivity contribution is 9.10. The first-order valence-corrected chi connectivity index (χ1v) is 31.3. The van der Waals surface area contributed by atoms with Crippen molar-refractivity contribution in [1.29, 1.82) is 0 Å². The van der Waals surface area contributed by atoms with Gasteiger partial charge in [-0.2, -0.15) is 0 Å². The quantitative estimate of drug-likeness (QED) is 0.220. The number of benzene rings is 1. The van der Waals surface area contributed by atoms with E-state index in [4.69, 9.17) is 10.5 Å². The van der Waals surface area contributed by atoms with Crippen LogP contribution in [0.5, 0.6) is 5.75 Å². The van der Waals surface area contributed by atoms with Gasteiger partial charge in [0.05, 0.1) is 12.7 Å². The van der Waals surface area contributed by atoms with Crippen LogP contribution < -0.4 is 15.8 Å². The zero-order valence-electron chi connectivity index (χ0n) is 21.3. The molecule has 1 aliphatic rings. The minimum absolute atomic E-state index is 0.173. The van der Waals surface area contributed by atoms with E-state index >= 15 is 0 Å². The second kappa shape index (κ2) is 25.4. The van der Waals surface area contributed by atoms with Crippen molar-refractivity contribution in [3.8, 4) is 16.9 Å². The molecule has 1 aromatic heterocycles. The number of hydrogen-bond acceptors (Lipinski definition) is 5. The van der Waals surface area contributed by atoms with Gasteiger partial charge < -0.3 is 15.8 Å². The topological polar surface area (TPSA) is 77.2 Å². The molecule has 0 amide bonds. The van der Waals surface area contributed by atoms with E-state index in [2.05, 4.69) is 72.8 Å². The molecule has 37 heavy (non-hydrogen) atoms. The molecule has 3 N–H and O–H groups in total. The van der Waals surface area contributed by atoms with E-state index in [0.717, 1.165) is 39.4 Å². The second-order valence-corrected chi connectivity index (χ2v) is 42.5. The summed E-state index contributed by atoms with van der Waals surface area (Å²) < 4.78 is 5.08. The van der Waals surface area contributed by atoms with E-state index in [1.807, 2.05) is 25.2 Å². The van der Waals surface area contributed by atoms with Gasteiger partial charge in [-0.25, -0.2) is 0 Å². The number of rotatable bonds is 7. The Morgan fingerprint density at radius 2 is 1.54 bits per heavy atom. The molecule has 1 heterocycles. The molecule has 2 aromatic rings. The van der Waals surface area contributed by atoms with Crippen LogP contribution in [0.15, 0.2) is 42.7 Å². The molecule has 8 unspecified atom stereocenters. The number of nitrogens with one attached hydrogen (secondary N) is 1. The predicted octanol–water partition coefficient (Wildman–Crippen LogP) is 9.10. The Bertz CT molecular complexity index is 839. The van der Waals surface area contributed by atoms with Gasteiger partial charge in [0.25, 0.3) is 0 Å². The number of hydrogen-bond donors (Lipinski definition) is 2. The Labute approximate surface area is 247 Å². The third-order valence-corrected chi connectivity index (χ3v) is 49.3. The third kappa shape index (κ3) is 18.2. The highest BCUT2D eigenvalue weighted by atomic mass is 33.2. The summed E-state index contributed by atoms with van der Waals surface area (Å²) in [5.74, 6) is 0.591. The Kier molecular flexibility index (Phi) is 27.4. The maximum absolute atomic E-state index is 10.9. The normalized spacial score (nSPS) is 16.9. The number of pyridine rings is 1. The van der Waals surface area contributed by atoms with Gasteiger partial charge in [0.15, 0.2) is 6.29 Å². The van der Waals surface area contributed by atoms with Crippen molar-refractivity contribution in [3.63, 3.8) is 0 Å². The fourth-order valence-corrected chi connectivity index (χ4v) is 64.3. The second-order valence-electron chi connectivity index (χ2n) is 7.56. The van der Waals surface area contributed by atoms with Crippen molar-refractivity contribution >= 4 is 106 Å².